The van der Waals surface area contributed by atoms with E-state index in [1.807, 2.05) is 0 Å². The lowest BCUT2D eigenvalue weighted by atomic mass is 11.5. The molecule has 0 unspecified atom stereocenters. The average Bonchev–Trinajstić information content (AvgIpc) is 1.59. The maximum atomic E-state index is 10.7. The molecule has 0 aliphatic heterocycles. The Hall–Kier alpha value is -0.460. The Labute approximate surface area is 47.9 Å². The molecule has 0 aliphatic rings. The summed E-state index contributed by atoms with van der Waals surface area (Å²) in [6.45, 7) is 3.17. The molecule has 4 nitrogen and oxygen atoms in total. The second kappa shape index (κ2) is 2.75. The Balaban J connectivity index is 3.74. The van der Waals surface area contributed by atoms with Gasteiger partial charge in [-0.15, -0.1) is 0 Å². The standard InChI is InChI=1S/C3H8N3OP/c1-8(2,7)3-5-6-4/h3H2,1-2H3. The molecule has 0 atom stereocenters. The topological polar surface area (TPSA) is 65.8 Å². The van der Waals surface area contributed by atoms with Crippen LogP contribution in [0.15, 0.2) is 5.11 Å². The quantitative estimate of drug-likeness (QED) is 0.245. The van der Waals surface area contributed by atoms with Crippen molar-refractivity contribution < 1.29 is 4.57 Å². The van der Waals surface area contributed by atoms with Gasteiger partial charge in [-0.3, -0.25) is 0 Å². The van der Waals surface area contributed by atoms with E-state index in [0.717, 1.165) is 0 Å². The van der Waals surface area contributed by atoms with Crippen molar-refractivity contribution in [2.45, 2.75) is 0 Å². The van der Waals surface area contributed by atoms with E-state index in [1.165, 1.54) is 0 Å². The van der Waals surface area contributed by atoms with E-state index < -0.39 is 7.14 Å². The van der Waals surface area contributed by atoms with Crippen molar-refractivity contribution in [3.63, 3.8) is 0 Å². The number of azide groups is 1. The molecular formula is C3H8N3OP. The van der Waals surface area contributed by atoms with Crippen LogP contribution in [0.4, 0.5) is 0 Å². The van der Waals surface area contributed by atoms with Crippen LogP contribution in [0.2, 0.25) is 0 Å². The van der Waals surface area contributed by atoms with Gasteiger partial charge >= 0.3 is 0 Å². The molecular weight excluding hydrogens is 125 g/mol. The number of rotatable bonds is 2. The van der Waals surface area contributed by atoms with Gasteiger partial charge in [0.15, 0.2) is 0 Å². The van der Waals surface area contributed by atoms with Crippen molar-refractivity contribution in [3.05, 3.63) is 10.4 Å². The molecule has 5 heteroatoms. The molecule has 46 valence electrons. The molecule has 0 heterocycles. The van der Waals surface area contributed by atoms with Gasteiger partial charge in [0.25, 0.3) is 0 Å². The molecule has 0 bridgehead atoms. The van der Waals surface area contributed by atoms with Crippen molar-refractivity contribution in [1.29, 1.82) is 0 Å². The largest absolute Gasteiger partial charge is 0.324 e. The summed E-state index contributed by atoms with van der Waals surface area (Å²) < 4.78 is 10.7. The van der Waals surface area contributed by atoms with Gasteiger partial charge in [0.1, 0.15) is 0 Å². The Morgan fingerprint density at radius 3 is 2.38 bits per heavy atom. The smallest absolute Gasteiger partial charge is 0.0876 e. The molecule has 0 aromatic heterocycles. The molecule has 0 aliphatic carbocycles. The van der Waals surface area contributed by atoms with E-state index in [4.69, 9.17) is 5.53 Å². The summed E-state index contributed by atoms with van der Waals surface area (Å²) in [7, 11) is -2.10. The first-order valence-electron chi connectivity index (χ1n) is 2.11. The molecule has 0 rings (SSSR count). The molecule has 0 amide bonds. The lowest BCUT2D eigenvalue weighted by Crippen LogP contribution is -1.76. The van der Waals surface area contributed by atoms with Gasteiger partial charge in [0, 0.05) is 4.91 Å². The van der Waals surface area contributed by atoms with E-state index in [0.29, 0.717) is 0 Å². The molecule has 0 N–H and O–H groups in total. The third kappa shape index (κ3) is 5.54. The zero-order valence-corrected chi connectivity index (χ0v) is 5.80. The summed E-state index contributed by atoms with van der Waals surface area (Å²) in [6, 6.07) is 0. The second-order valence-electron chi connectivity index (χ2n) is 1.95. The van der Waals surface area contributed by atoms with Crippen LogP contribution in [0.5, 0.6) is 0 Å². The van der Waals surface area contributed by atoms with Crippen LogP contribution in [-0.4, -0.2) is 19.6 Å². The molecule has 0 saturated heterocycles. The lowest BCUT2D eigenvalue weighted by molar-refractivity contribution is 0.582. The normalized spacial score (nSPS) is 10.2. The highest BCUT2D eigenvalue weighted by molar-refractivity contribution is 7.62. The van der Waals surface area contributed by atoms with Crippen LogP contribution in [0.25, 0.3) is 10.4 Å². The van der Waals surface area contributed by atoms with E-state index in [2.05, 4.69) is 10.0 Å². The van der Waals surface area contributed by atoms with E-state index in [-0.39, 0.29) is 6.29 Å². The highest BCUT2D eigenvalue weighted by Gasteiger charge is 2.02. The van der Waals surface area contributed by atoms with Crippen LogP contribution < -0.4 is 0 Å². The SMILES string of the molecule is CP(C)(=O)CN=[N+]=[N-]. The summed E-state index contributed by atoms with van der Waals surface area (Å²) in [4.78, 5) is 2.47. The molecule has 0 fully saturated rings. The minimum atomic E-state index is -2.10. The summed E-state index contributed by atoms with van der Waals surface area (Å²) >= 11 is 0. The van der Waals surface area contributed by atoms with Gasteiger partial charge in [-0.1, -0.05) is 5.11 Å². The van der Waals surface area contributed by atoms with Crippen molar-refractivity contribution in [1.82, 2.24) is 0 Å². The molecule has 0 saturated carbocycles. The molecule has 0 spiro atoms. The fourth-order valence-corrected chi connectivity index (χ4v) is 0.542. The highest BCUT2D eigenvalue weighted by Crippen LogP contribution is 2.35. The van der Waals surface area contributed by atoms with Crippen LogP contribution in [0, 0.1) is 0 Å². The first-order chi connectivity index (χ1) is 3.56. The van der Waals surface area contributed by atoms with E-state index in [9.17, 15) is 4.57 Å². The van der Waals surface area contributed by atoms with Gasteiger partial charge in [-0.25, -0.2) is 0 Å². The zero-order chi connectivity index (χ0) is 6.62. The Morgan fingerprint density at radius 2 is 2.25 bits per heavy atom. The highest BCUT2D eigenvalue weighted by atomic mass is 31.2. The first kappa shape index (κ1) is 7.54. The fraction of sp³-hybridized carbons (Fsp3) is 1.00. The predicted octanol–water partition coefficient (Wildman–Crippen LogP) is 1.88. The van der Waals surface area contributed by atoms with Gasteiger partial charge in [0.05, 0.1) is 13.4 Å². The fourth-order valence-electron chi connectivity index (χ4n) is 0.181. The van der Waals surface area contributed by atoms with Crippen molar-refractivity contribution in [2.24, 2.45) is 5.11 Å². The minimum Gasteiger partial charge on any atom is -0.324 e. The Morgan fingerprint density at radius 1 is 1.75 bits per heavy atom. The third-order valence-electron chi connectivity index (χ3n) is 0.467. The summed E-state index contributed by atoms with van der Waals surface area (Å²) in [5.74, 6) is 0. The summed E-state index contributed by atoms with van der Waals surface area (Å²) in [6.07, 6.45) is 0.128. The average molecular weight is 133 g/mol. The molecule has 8 heavy (non-hydrogen) atoms. The van der Waals surface area contributed by atoms with E-state index >= 15 is 0 Å². The van der Waals surface area contributed by atoms with Crippen LogP contribution in [-0.2, 0) is 4.57 Å². The van der Waals surface area contributed by atoms with Gasteiger partial charge in [0.2, 0.25) is 0 Å². The summed E-state index contributed by atoms with van der Waals surface area (Å²) in [5.41, 5.74) is 7.77. The van der Waals surface area contributed by atoms with Gasteiger partial charge in [-0.2, -0.15) is 0 Å². The van der Waals surface area contributed by atoms with Crippen molar-refractivity contribution in [3.8, 4) is 0 Å². The molecule has 0 aromatic rings. The Bertz CT molecular complexity index is 154. The maximum absolute atomic E-state index is 10.7. The number of hydrogen-bond donors (Lipinski definition) is 0. The third-order valence-corrected chi connectivity index (χ3v) is 1.27. The first-order valence-corrected chi connectivity index (χ1v) is 4.90. The van der Waals surface area contributed by atoms with Crippen LogP contribution in [0.1, 0.15) is 0 Å². The predicted molar refractivity (Wildman–Crippen MR) is 33.5 cm³/mol. The zero-order valence-electron chi connectivity index (χ0n) is 4.90. The number of nitrogens with zero attached hydrogens (tertiary/aromatic N) is 3. The van der Waals surface area contributed by atoms with Crippen LogP contribution >= 0.6 is 7.14 Å². The minimum absolute atomic E-state index is 0.128. The van der Waals surface area contributed by atoms with Crippen molar-refractivity contribution >= 4 is 7.14 Å². The second-order valence-corrected chi connectivity index (χ2v) is 5.38. The maximum Gasteiger partial charge on any atom is 0.0876 e. The van der Waals surface area contributed by atoms with Crippen molar-refractivity contribution in [2.75, 3.05) is 19.6 Å². The van der Waals surface area contributed by atoms with Crippen LogP contribution in [0.3, 0.4) is 0 Å². The van der Waals surface area contributed by atoms with Gasteiger partial charge < -0.3 is 4.57 Å². The Kier molecular flexibility index (Phi) is 2.59. The monoisotopic (exact) mass is 133 g/mol. The summed E-state index contributed by atoms with van der Waals surface area (Å²) in [5, 5.41) is 3.16. The van der Waals surface area contributed by atoms with E-state index in [1.54, 1.807) is 13.3 Å². The molecule has 0 aromatic carbocycles. The number of hydrogen-bond acceptors (Lipinski definition) is 2. The van der Waals surface area contributed by atoms with Gasteiger partial charge in [-0.05, 0) is 18.9 Å². The molecule has 0 radical (unpaired) electrons. The lowest BCUT2D eigenvalue weighted by Gasteiger charge is -1.96.